The predicted molar refractivity (Wildman–Crippen MR) is 55.2 cm³/mol. The molecule has 0 bridgehead atoms. The third kappa shape index (κ3) is 2.10. The Labute approximate surface area is 86.4 Å². The number of aliphatic hydroxyl groups is 1. The van der Waals surface area contributed by atoms with Gasteiger partial charge in [-0.2, -0.15) is 0 Å². The minimum Gasteiger partial charge on any atom is -0.388 e. The van der Waals surface area contributed by atoms with Crippen LogP contribution in [-0.4, -0.2) is 36.6 Å². The maximum atomic E-state index is 9.45. The van der Waals surface area contributed by atoms with Gasteiger partial charge in [-0.3, -0.25) is 0 Å². The Bertz CT molecular complexity index is 170. The van der Waals surface area contributed by atoms with Crippen LogP contribution in [0.5, 0.6) is 0 Å². The van der Waals surface area contributed by atoms with Crippen LogP contribution >= 0.6 is 0 Å². The molecule has 0 radical (unpaired) electrons. The Morgan fingerprint density at radius 3 is 2.21 bits per heavy atom. The Hall–Kier alpha value is -0.120. The summed E-state index contributed by atoms with van der Waals surface area (Å²) in [6, 6.07) is 0. The van der Waals surface area contributed by atoms with Crippen LogP contribution in [0.3, 0.4) is 0 Å². The first-order valence-electron chi connectivity index (χ1n) is 5.61. The quantitative estimate of drug-likeness (QED) is 0.699. The molecule has 4 atom stereocenters. The second-order valence-electron chi connectivity index (χ2n) is 4.07. The zero-order valence-electron chi connectivity index (χ0n) is 9.56. The van der Waals surface area contributed by atoms with Crippen LogP contribution in [0.4, 0.5) is 0 Å². The predicted octanol–water partition coefficient (Wildman–Crippen LogP) is 1.44. The first-order chi connectivity index (χ1) is 6.70. The van der Waals surface area contributed by atoms with Gasteiger partial charge in [-0.1, -0.05) is 27.7 Å². The summed E-state index contributed by atoms with van der Waals surface area (Å²) < 4.78 is 11.0. The van der Waals surface area contributed by atoms with Crippen molar-refractivity contribution in [1.82, 2.24) is 0 Å². The number of fused-ring (bicyclic) bond motifs is 1. The Morgan fingerprint density at radius 2 is 1.64 bits per heavy atom. The highest BCUT2D eigenvalue weighted by Gasteiger charge is 2.47. The summed E-state index contributed by atoms with van der Waals surface area (Å²) in [4.78, 5) is 0. The molecule has 0 aromatic carbocycles. The molecule has 4 unspecified atom stereocenters. The van der Waals surface area contributed by atoms with Crippen molar-refractivity contribution in [2.75, 3.05) is 13.2 Å². The number of hydrogen-bond donors (Lipinski definition) is 1. The molecule has 0 aromatic rings. The van der Waals surface area contributed by atoms with Crippen molar-refractivity contribution >= 4 is 0 Å². The summed E-state index contributed by atoms with van der Waals surface area (Å²) in [6.07, 6.45) is -0.323. The third-order valence-corrected chi connectivity index (χ3v) is 2.92. The molecule has 0 aromatic heterocycles. The number of rotatable bonds is 1. The lowest BCUT2D eigenvalue weighted by molar-refractivity contribution is 0.0153. The summed E-state index contributed by atoms with van der Waals surface area (Å²) in [6.45, 7) is 9.53. The molecule has 84 valence electrons. The van der Waals surface area contributed by atoms with Gasteiger partial charge in [0.05, 0.1) is 19.3 Å². The van der Waals surface area contributed by atoms with E-state index < -0.39 is 6.10 Å². The summed E-state index contributed by atoms with van der Waals surface area (Å²) in [5, 5.41) is 9.45. The Balaban J connectivity index is 0.000000461. The van der Waals surface area contributed by atoms with Gasteiger partial charge in [-0.25, -0.2) is 0 Å². The molecule has 0 aliphatic carbocycles. The molecular formula is C11H22O3. The van der Waals surface area contributed by atoms with Crippen molar-refractivity contribution < 1.29 is 14.6 Å². The van der Waals surface area contributed by atoms with E-state index in [0.29, 0.717) is 18.4 Å². The molecule has 3 nitrogen and oxygen atoms in total. The normalized spacial score (nSPS) is 40.7. The largest absolute Gasteiger partial charge is 0.388 e. The van der Waals surface area contributed by atoms with E-state index in [1.54, 1.807) is 0 Å². The van der Waals surface area contributed by atoms with Gasteiger partial charge in [0.15, 0.2) is 0 Å². The monoisotopic (exact) mass is 202 g/mol. The lowest BCUT2D eigenvalue weighted by Crippen LogP contribution is -2.30. The summed E-state index contributed by atoms with van der Waals surface area (Å²) >= 11 is 0. The van der Waals surface area contributed by atoms with Crippen molar-refractivity contribution in [3.05, 3.63) is 0 Å². The van der Waals surface area contributed by atoms with Gasteiger partial charge in [0.2, 0.25) is 0 Å². The minimum atomic E-state index is -0.404. The topological polar surface area (TPSA) is 38.7 Å². The van der Waals surface area contributed by atoms with E-state index in [1.807, 2.05) is 13.8 Å². The molecular weight excluding hydrogens is 180 g/mol. The summed E-state index contributed by atoms with van der Waals surface area (Å²) in [5.41, 5.74) is 0. The molecule has 14 heavy (non-hydrogen) atoms. The standard InChI is InChI=1S/C9H16O3.C2H6/c1-5(2)6-3-11-9-7(10)4-12-8(6)9;1-2/h5-10H,3-4H2,1-2H3;1-2H3. The van der Waals surface area contributed by atoms with Crippen molar-refractivity contribution in [3.8, 4) is 0 Å². The van der Waals surface area contributed by atoms with Gasteiger partial charge in [-0.05, 0) is 5.92 Å². The molecule has 2 saturated heterocycles. The first kappa shape index (κ1) is 12.0. The average Bonchev–Trinajstić information content (AvgIpc) is 2.72. The number of aliphatic hydroxyl groups excluding tert-OH is 1. The van der Waals surface area contributed by atoms with Crippen LogP contribution < -0.4 is 0 Å². The van der Waals surface area contributed by atoms with Crippen molar-refractivity contribution in [3.63, 3.8) is 0 Å². The fourth-order valence-corrected chi connectivity index (χ4v) is 2.08. The third-order valence-electron chi connectivity index (χ3n) is 2.92. The van der Waals surface area contributed by atoms with Gasteiger partial charge < -0.3 is 14.6 Å². The second kappa shape index (κ2) is 5.10. The van der Waals surface area contributed by atoms with Crippen LogP contribution in [0.25, 0.3) is 0 Å². The van der Waals surface area contributed by atoms with E-state index >= 15 is 0 Å². The lowest BCUT2D eigenvalue weighted by atomic mass is 9.90. The van der Waals surface area contributed by atoms with Crippen LogP contribution in [0.2, 0.25) is 0 Å². The van der Waals surface area contributed by atoms with Gasteiger partial charge in [0, 0.05) is 5.92 Å². The molecule has 2 fully saturated rings. The fourth-order valence-electron chi connectivity index (χ4n) is 2.08. The highest BCUT2D eigenvalue weighted by atomic mass is 16.6. The Kier molecular flexibility index (Phi) is 4.35. The lowest BCUT2D eigenvalue weighted by Gasteiger charge is -2.18. The number of ether oxygens (including phenoxy) is 2. The van der Waals surface area contributed by atoms with Crippen LogP contribution in [-0.2, 0) is 9.47 Å². The first-order valence-corrected chi connectivity index (χ1v) is 5.61. The Morgan fingerprint density at radius 1 is 1.07 bits per heavy atom. The van der Waals surface area contributed by atoms with E-state index in [9.17, 15) is 5.11 Å². The van der Waals surface area contributed by atoms with Gasteiger partial charge in [-0.15, -0.1) is 0 Å². The smallest absolute Gasteiger partial charge is 0.112 e. The van der Waals surface area contributed by atoms with E-state index in [0.717, 1.165) is 6.61 Å². The fraction of sp³-hybridized carbons (Fsp3) is 1.00. The molecule has 0 saturated carbocycles. The van der Waals surface area contributed by atoms with E-state index in [-0.39, 0.29) is 12.2 Å². The highest BCUT2D eigenvalue weighted by Crippen LogP contribution is 2.34. The molecule has 0 amide bonds. The zero-order valence-corrected chi connectivity index (χ0v) is 9.56. The van der Waals surface area contributed by atoms with Gasteiger partial charge >= 0.3 is 0 Å². The van der Waals surface area contributed by atoms with E-state index in [1.165, 1.54) is 0 Å². The second-order valence-corrected chi connectivity index (χ2v) is 4.07. The molecule has 1 N–H and O–H groups in total. The van der Waals surface area contributed by atoms with Crippen molar-refractivity contribution in [1.29, 1.82) is 0 Å². The summed E-state index contributed by atoms with van der Waals surface area (Å²) in [5.74, 6) is 1.04. The van der Waals surface area contributed by atoms with Crippen LogP contribution in [0.15, 0.2) is 0 Å². The van der Waals surface area contributed by atoms with Gasteiger partial charge in [0.25, 0.3) is 0 Å². The molecule has 2 aliphatic heterocycles. The molecule has 2 rings (SSSR count). The summed E-state index contributed by atoms with van der Waals surface area (Å²) in [7, 11) is 0. The minimum absolute atomic E-state index is 0.0580. The molecule has 0 spiro atoms. The van der Waals surface area contributed by atoms with Crippen molar-refractivity contribution in [2.24, 2.45) is 11.8 Å². The molecule has 2 heterocycles. The van der Waals surface area contributed by atoms with Crippen LogP contribution in [0, 0.1) is 11.8 Å². The van der Waals surface area contributed by atoms with E-state index in [2.05, 4.69) is 13.8 Å². The number of hydrogen-bond acceptors (Lipinski definition) is 3. The SMILES string of the molecule is CC.CC(C)C1COC2C(O)COC12. The molecule has 3 heteroatoms. The van der Waals surface area contributed by atoms with Crippen LogP contribution in [0.1, 0.15) is 27.7 Å². The maximum Gasteiger partial charge on any atom is 0.112 e. The maximum absolute atomic E-state index is 9.45. The van der Waals surface area contributed by atoms with Gasteiger partial charge in [0.1, 0.15) is 12.2 Å². The van der Waals surface area contributed by atoms with E-state index in [4.69, 9.17) is 9.47 Å². The zero-order chi connectivity index (χ0) is 10.7. The average molecular weight is 202 g/mol. The molecule has 2 aliphatic rings. The van der Waals surface area contributed by atoms with Crippen molar-refractivity contribution in [2.45, 2.75) is 46.0 Å². The highest BCUT2D eigenvalue weighted by molar-refractivity contribution is 4.94.